The molecule has 2 amide bonds. The zero-order chi connectivity index (χ0) is 51.5. The summed E-state index contributed by atoms with van der Waals surface area (Å²) in [5.74, 6) is -0.107. The molecule has 0 unspecified atom stereocenters. The van der Waals surface area contributed by atoms with Crippen molar-refractivity contribution in [3.8, 4) is 22.6 Å². The molecule has 0 aliphatic carbocycles. The largest absolute Gasteiger partial charge is 0.486 e. The van der Waals surface area contributed by atoms with Gasteiger partial charge in [-0.05, 0) is 59.9 Å². The summed E-state index contributed by atoms with van der Waals surface area (Å²) in [4.78, 5) is 61.5. The number of ketones is 2. The van der Waals surface area contributed by atoms with Crippen molar-refractivity contribution in [2.24, 2.45) is 11.5 Å². The predicted molar refractivity (Wildman–Crippen MR) is 267 cm³/mol. The van der Waals surface area contributed by atoms with Crippen LogP contribution in [0.2, 0.25) is 0 Å². The van der Waals surface area contributed by atoms with Crippen LogP contribution in [0.3, 0.4) is 0 Å². The summed E-state index contributed by atoms with van der Waals surface area (Å²) in [5.41, 5.74) is 13.2. The Morgan fingerprint density at radius 1 is 0.431 bits per heavy atom. The van der Waals surface area contributed by atoms with Crippen molar-refractivity contribution >= 4 is 29.4 Å². The van der Waals surface area contributed by atoms with E-state index in [1.807, 2.05) is 42.5 Å². The highest BCUT2D eigenvalue weighted by molar-refractivity contribution is 5.92. The fraction of sp³-hybridized carbons (Fsp3) is 0.558. The van der Waals surface area contributed by atoms with E-state index in [-0.39, 0.29) is 68.0 Å². The molecule has 0 atom stereocenters. The smallest absolute Gasteiger partial charge is 0.338 e. The predicted octanol–water partition coefficient (Wildman–Crippen LogP) is 3.23. The monoisotopic (exact) mass is 1010 g/mol. The van der Waals surface area contributed by atoms with Crippen LogP contribution in [-0.4, -0.2) is 174 Å². The van der Waals surface area contributed by atoms with Gasteiger partial charge in [0, 0.05) is 65.1 Å². The summed E-state index contributed by atoms with van der Waals surface area (Å²) < 4.78 is 61.1. The van der Waals surface area contributed by atoms with Crippen molar-refractivity contribution in [3.05, 3.63) is 83.9 Å². The second-order valence-electron chi connectivity index (χ2n) is 15.9. The lowest BCUT2D eigenvalue weighted by molar-refractivity contribution is -0.123. The Bertz CT molecular complexity index is 1930. The Balaban J connectivity index is 1.30. The first-order chi connectivity index (χ1) is 35.3. The molecule has 0 bridgehead atoms. The molecule has 72 heavy (non-hydrogen) atoms. The molecule has 0 radical (unpaired) electrons. The Morgan fingerprint density at radius 3 is 1.32 bits per heavy atom. The van der Waals surface area contributed by atoms with Crippen molar-refractivity contribution in [1.82, 2.24) is 10.6 Å². The van der Waals surface area contributed by atoms with Crippen LogP contribution in [-0.2, 0) is 68.4 Å². The fourth-order valence-corrected chi connectivity index (χ4v) is 6.19. The average Bonchev–Trinajstić information content (AvgIpc) is 3.40. The second kappa shape index (κ2) is 41.1. The van der Waals surface area contributed by atoms with Gasteiger partial charge in [-0.3, -0.25) is 19.2 Å². The van der Waals surface area contributed by atoms with Crippen molar-refractivity contribution in [3.63, 3.8) is 0 Å². The fourth-order valence-electron chi connectivity index (χ4n) is 6.19. The number of nitrogens with two attached hydrogens (primary N) is 2. The SMILES string of the molecule is NCCNC(=O)CCOCCOCCOCCOCCCC(=O)COc1ccc(-c2cc(OCC(=O)CCCOCCOCCOCCOCCC(=O)NCCN)cc(C(=O)OCc3ccccc3)c2)cc1. The average molecular weight is 1010 g/mol. The van der Waals surface area contributed by atoms with Crippen LogP contribution in [0.15, 0.2) is 72.8 Å². The van der Waals surface area contributed by atoms with Gasteiger partial charge in [-0.25, -0.2) is 4.79 Å². The summed E-state index contributed by atoms with van der Waals surface area (Å²) >= 11 is 0. The molecule has 3 aromatic carbocycles. The Hall–Kier alpha value is -5.39. The van der Waals surface area contributed by atoms with Gasteiger partial charge in [0.1, 0.15) is 31.3 Å². The zero-order valence-corrected chi connectivity index (χ0v) is 41.6. The van der Waals surface area contributed by atoms with E-state index < -0.39 is 5.97 Å². The summed E-state index contributed by atoms with van der Waals surface area (Å²) in [6.45, 7) is 7.65. The summed E-state index contributed by atoms with van der Waals surface area (Å²) in [6, 6.07) is 21.4. The standard InChI is InChI=1S/C52H76N4O16/c53-16-18-55-50(59)14-22-64-26-30-68-34-32-66-28-24-62-20-4-8-46(57)40-70-48-12-10-43(11-13-48)44-36-45(52(61)72-39-42-6-2-1-3-7-42)38-49(37-44)71-41-47(58)9-5-21-63-25-29-67-33-35-69-31-27-65-23-15-51(60)56-19-17-54/h1-3,6-7,10-13,36-38H,4-5,8-9,14-35,39-41,53-54H2,(H,55,59)(H,56,60). The Kier molecular flexibility index (Phi) is 34.8. The lowest BCUT2D eigenvalue weighted by Crippen LogP contribution is -2.29. The minimum absolute atomic E-state index is 0.0664. The first kappa shape index (κ1) is 60.9. The minimum Gasteiger partial charge on any atom is -0.486 e. The number of ether oxygens (including phenoxy) is 11. The highest BCUT2D eigenvalue weighted by atomic mass is 16.6. The molecular formula is C52H76N4O16. The molecular weight excluding hydrogens is 937 g/mol. The van der Waals surface area contributed by atoms with Crippen LogP contribution in [0.4, 0.5) is 0 Å². The van der Waals surface area contributed by atoms with E-state index in [4.69, 9.17) is 63.6 Å². The van der Waals surface area contributed by atoms with Crippen LogP contribution in [0.5, 0.6) is 11.5 Å². The molecule has 6 N–H and O–H groups in total. The maximum Gasteiger partial charge on any atom is 0.338 e. The maximum atomic E-state index is 13.3. The number of benzene rings is 3. The summed E-state index contributed by atoms with van der Waals surface area (Å²) in [7, 11) is 0. The highest BCUT2D eigenvalue weighted by Gasteiger charge is 2.15. The lowest BCUT2D eigenvalue weighted by atomic mass is 10.0. The molecule has 3 aromatic rings. The molecule has 0 aliphatic heterocycles. The van der Waals surface area contributed by atoms with E-state index in [1.165, 1.54) is 0 Å². The van der Waals surface area contributed by atoms with Gasteiger partial charge in [0.2, 0.25) is 11.8 Å². The van der Waals surface area contributed by atoms with Crippen LogP contribution >= 0.6 is 0 Å². The van der Waals surface area contributed by atoms with Gasteiger partial charge < -0.3 is 74.2 Å². The van der Waals surface area contributed by atoms with E-state index in [0.29, 0.717) is 168 Å². The highest BCUT2D eigenvalue weighted by Crippen LogP contribution is 2.29. The van der Waals surface area contributed by atoms with E-state index in [1.54, 1.807) is 30.3 Å². The lowest BCUT2D eigenvalue weighted by Gasteiger charge is -2.12. The molecule has 0 saturated heterocycles. The number of rotatable bonds is 46. The van der Waals surface area contributed by atoms with E-state index in [0.717, 1.165) is 11.1 Å². The third kappa shape index (κ3) is 31.2. The molecule has 20 nitrogen and oxygen atoms in total. The number of amides is 2. The van der Waals surface area contributed by atoms with Crippen LogP contribution < -0.4 is 31.6 Å². The van der Waals surface area contributed by atoms with Crippen LogP contribution in [0.25, 0.3) is 11.1 Å². The van der Waals surface area contributed by atoms with Crippen molar-refractivity contribution in [1.29, 1.82) is 0 Å². The zero-order valence-electron chi connectivity index (χ0n) is 41.6. The van der Waals surface area contributed by atoms with Crippen molar-refractivity contribution < 1.29 is 76.1 Å². The first-order valence-electron chi connectivity index (χ1n) is 24.6. The number of carbonyl (C=O) groups excluding carboxylic acids is 5. The third-order valence-corrected chi connectivity index (χ3v) is 9.94. The van der Waals surface area contributed by atoms with Gasteiger partial charge in [-0.2, -0.15) is 0 Å². The van der Waals surface area contributed by atoms with Crippen molar-refractivity contribution in [2.45, 2.75) is 45.1 Å². The van der Waals surface area contributed by atoms with Gasteiger partial charge in [0.25, 0.3) is 0 Å². The number of hydrogen-bond donors (Lipinski definition) is 4. The molecule has 0 saturated carbocycles. The molecule has 3 rings (SSSR count). The van der Waals surface area contributed by atoms with Gasteiger partial charge in [0.15, 0.2) is 11.6 Å². The van der Waals surface area contributed by atoms with E-state index in [2.05, 4.69) is 10.6 Å². The molecule has 0 heterocycles. The number of hydrogen-bond acceptors (Lipinski definition) is 18. The van der Waals surface area contributed by atoms with Crippen molar-refractivity contribution in [2.75, 3.05) is 145 Å². The normalized spacial score (nSPS) is 11.0. The number of Topliss-reactive ketones (excluding diaryl/α,β-unsaturated/α-hetero) is 2. The van der Waals surface area contributed by atoms with E-state index in [9.17, 15) is 24.0 Å². The minimum atomic E-state index is -0.550. The topological polar surface area (TPSA) is 263 Å². The van der Waals surface area contributed by atoms with Gasteiger partial charge in [-0.1, -0.05) is 42.5 Å². The Labute approximate surface area is 423 Å². The first-order valence-corrected chi connectivity index (χ1v) is 24.6. The molecule has 400 valence electrons. The molecule has 0 spiro atoms. The Morgan fingerprint density at radius 2 is 0.861 bits per heavy atom. The van der Waals surface area contributed by atoms with Gasteiger partial charge >= 0.3 is 5.97 Å². The maximum absolute atomic E-state index is 13.3. The number of esters is 1. The van der Waals surface area contributed by atoms with E-state index >= 15 is 0 Å². The molecule has 20 heteroatoms. The molecule has 0 aliphatic rings. The summed E-state index contributed by atoms with van der Waals surface area (Å²) in [5, 5.41) is 5.36. The van der Waals surface area contributed by atoms with Crippen LogP contribution in [0.1, 0.15) is 54.4 Å². The van der Waals surface area contributed by atoms with Crippen LogP contribution in [0, 0.1) is 0 Å². The second-order valence-corrected chi connectivity index (χ2v) is 15.9. The number of carbonyl (C=O) groups is 5. The number of nitrogens with one attached hydrogen (secondary N) is 2. The quantitative estimate of drug-likeness (QED) is 0.0468. The summed E-state index contributed by atoms with van der Waals surface area (Å²) in [6.07, 6.45) is 2.15. The van der Waals surface area contributed by atoms with Gasteiger partial charge in [-0.15, -0.1) is 0 Å². The molecule has 0 aromatic heterocycles. The third-order valence-electron chi connectivity index (χ3n) is 9.94. The molecule has 0 fully saturated rings. The van der Waals surface area contributed by atoms with Gasteiger partial charge in [0.05, 0.1) is 98.1 Å².